The van der Waals surface area contributed by atoms with Gasteiger partial charge in [-0.15, -0.1) is 0 Å². The average Bonchev–Trinajstić information content (AvgIpc) is 2.28. The van der Waals surface area contributed by atoms with Gasteiger partial charge in [0.15, 0.2) is 0 Å². The summed E-state index contributed by atoms with van der Waals surface area (Å²) in [7, 11) is 0. The molecule has 0 radical (unpaired) electrons. The highest BCUT2D eigenvalue weighted by molar-refractivity contribution is 9.10. The van der Waals surface area contributed by atoms with Crippen LogP contribution >= 0.6 is 27.5 Å². The molecule has 1 aromatic carbocycles. The zero-order chi connectivity index (χ0) is 13.0. The van der Waals surface area contributed by atoms with Crippen molar-refractivity contribution in [2.75, 3.05) is 6.54 Å². The molecule has 5 heteroatoms. The summed E-state index contributed by atoms with van der Waals surface area (Å²) in [5.41, 5.74) is 6.31. The molecule has 0 heterocycles. The van der Waals surface area contributed by atoms with Crippen molar-refractivity contribution in [3.05, 3.63) is 33.3 Å². The first-order valence-electron chi connectivity index (χ1n) is 5.40. The number of halogens is 2. The van der Waals surface area contributed by atoms with Crippen LogP contribution in [0, 0.1) is 5.92 Å². The highest BCUT2D eigenvalue weighted by Crippen LogP contribution is 2.20. The maximum Gasteiger partial charge on any atom is 0.252 e. The van der Waals surface area contributed by atoms with Crippen molar-refractivity contribution in [2.45, 2.75) is 19.9 Å². The van der Waals surface area contributed by atoms with Crippen LogP contribution in [-0.4, -0.2) is 18.5 Å². The molecule has 0 saturated heterocycles. The van der Waals surface area contributed by atoms with Crippen molar-refractivity contribution >= 4 is 33.4 Å². The standard InChI is InChI=1S/C12H16BrClN2O/c1-7(2)11(15)6-16-12(17)9-5-8(13)3-4-10(9)14/h3-5,7,11H,6,15H2,1-2H3,(H,16,17). The number of benzene rings is 1. The molecular weight excluding hydrogens is 304 g/mol. The van der Waals surface area contributed by atoms with E-state index in [-0.39, 0.29) is 11.9 Å². The quantitative estimate of drug-likeness (QED) is 0.896. The Labute approximate surface area is 115 Å². The second-order valence-electron chi connectivity index (χ2n) is 4.24. The third-order valence-electron chi connectivity index (χ3n) is 2.53. The normalized spacial score (nSPS) is 12.6. The van der Waals surface area contributed by atoms with Crippen molar-refractivity contribution in [2.24, 2.45) is 11.7 Å². The van der Waals surface area contributed by atoms with E-state index in [2.05, 4.69) is 21.2 Å². The maximum absolute atomic E-state index is 11.9. The molecule has 1 aromatic rings. The summed E-state index contributed by atoms with van der Waals surface area (Å²) in [5, 5.41) is 3.21. The van der Waals surface area contributed by atoms with Crippen molar-refractivity contribution in [3.8, 4) is 0 Å². The van der Waals surface area contributed by atoms with Gasteiger partial charge < -0.3 is 11.1 Å². The predicted molar refractivity (Wildman–Crippen MR) is 74.3 cm³/mol. The minimum Gasteiger partial charge on any atom is -0.350 e. The molecule has 0 aromatic heterocycles. The first-order valence-corrected chi connectivity index (χ1v) is 6.57. The zero-order valence-corrected chi connectivity index (χ0v) is 12.2. The molecule has 3 N–H and O–H groups in total. The van der Waals surface area contributed by atoms with E-state index in [9.17, 15) is 4.79 Å². The molecule has 3 nitrogen and oxygen atoms in total. The van der Waals surface area contributed by atoms with Crippen LogP contribution in [0.5, 0.6) is 0 Å². The summed E-state index contributed by atoms with van der Waals surface area (Å²) in [4.78, 5) is 11.9. The van der Waals surface area contributed by atoms with Crippen LogP contribution in [0.4, 0.5) is 0 Å². The van der Waals surface area contributed by atoms with Gasteiger partial charge in [0, 0.05) is 17.1 Å². The molecule has 0 aliphatic heterocycles. The van der Waals surface area contributed by atoms with E-state index in [1.165, 1.54) is 0 Å². The van der Waals surface area contributed by atoms with Crippen molar-refractivity contribution in [3.63, 3.8) is 0 Å². The summed E-state index contributed by atoms with van der Waals surface area (Å²) >= 11 is 9.26. The van der Waals surface area contributed by atoms with Crippen LogP contribution in [0.1, 0.15) is 24.2 Å². The Kier molecular flexibility index (Phi) is 5.43. The second kappa shape index (κ2) is 6.38. The molecule has 0 saturated carbocycles. The number of rotatable bonds is 4. The van der Waals surface area contributed by atoms with Gasteiger partial charge in [0.2, 0.25) is 0 Å². The number of nitrogens with two attached hydrogens (primary N) is 1. The lowest BCUT2D eigenvalue weighted by molar-refractivity contribution is 0.0949. The van der Waals surface area contributed by atoms with E-state index in [4.69, 9.17) is 17.3 Å². The Morgan fingerprint density at radius 3 is 2.76 bits per heavy atom. The van der Waals surface area contributed by atoms with Crippen LogP contribution in [0.25, 0.3) is 0 Å². The molecule has 1 unspecified atom stereocenters. The largest absolute Gasteiger partial charge is 0.350 e. The second-order valence-corrected chi connectivity index (χ2v) is 5.56. The van der Waals surface area contributed by atoms with Crippen LogP contribution in [0.3, 0.4) is 0 Å². The highest BCUT2D eigenvalue weighted by atomic mass is 79.9. The maximum atomic E-state index is 11.9. The first-order chi connectivity index (χ1) is 7.91. The van der Waals surface area contributed by atoms with E-state index >= 15 is 0 Å². The number of hydrogen-bond acceptors (Lipinski definition) is 2. The Morgan fingerprint density at radius 2 is 2.18 bits per heavy atom. The van der Waals surface area contributed by atoms with Gasteiger partial charge in [-0.05, 0) is 24.1 Å². The average molecular weight is 320 g/mol. The Balaban J connectivity index is 2.67. The number of amides is 1. The highest BCUT2D eigenvalue weighted by Gasteiger charge is 2.13. The molecule has 0 fully saturated rings. The predicted octanol–water partition coefficient (Wildman–Crippen LogP) is 2.82. The number of hydrogen-bond donors (Lipinski definition) is 2. The summed E-state index contributed by atoms with van der Waals surface area (Å²) in [5.74, 6) is 0.126. The van der Waals surface area contributed by atoms with Gasteiger partial charge in [0.1, 0.15) is 0 Å². The monoisotopic (exact) mass is 318 g/mol. The smallest absolute Gasteiger partial charge is 0.252 e. The summed E-state index contributed by atoms with van der Waals surface area (Å²) in [6.45, 7) is 4.48. The van der Waals surface area contributed by atoms with Gasteiger partial charge in [-0.3, -0.25) is 4.79 Å². The van der Waals surface area contributed by atoms with Gasteiger partial charge in [-0.2, -0.15) is 0 Å². The van der Waals surface area contributed by atoms with Crippen molar-refractivity contribution < 1.29 is 4.79 Å². The fraction of sp³-hybridized carbons (Fsp3) is 0.417. The molecule has 1 rings (SSSR count). The molecule has 0 bridgehead atoms. The molecule has 1 atom stereocenters. The van der Waals surface area contributed by atoms with E-state index in [1.54, 1.807) is 18.2 Å². The van der Waals surface area contributed by atoms with Crippen molar-refractivity contribution in [1.82, 2.24) is 5.32 Å². The lowest BCUT2D eigenvalue weighted by atomic mass is 10.1. The van der Waals surface area contributed by atoms with Gasteiger partial charge in [0.05, 0.1) is 10.6 Å². The fourth-order valence-electron chi connectivity index (χ4n) is 1.21. The molecule has 17 heavy (non-hydrogen) atoms. The Bertz CT molecular complexity index is 409. The van der Waals surface area contributed by atoms with Crippen molar-refractivity contribution in [1.29, 1.82) is 0 Å². The Morgan fingerprint density at radius 1 is 1.53 bits per heavy atom. The SMILES string of the molecule is CC(C)C(N)CNC(=O)c1cc(Br)ccc1Cl. The van der Waals surface area contributed by atoms with Gasteiger partial charge >= 0.3 is 0 Å². The minimum atomic E-state index is -0.201. The van der Waals surface area contributed by atoms with E-state index in [0.29, 0.717) is 23.0 Å². The Hall–Kier alpha value is -0.580. The molecule has 0 aliphatic rings. The fourth-order valence-corrected chi connectivity index (χ4v) is 1.78. The lowest BCUT2D eigenvalue weighted by Crippen LogP contribution is -2.40. The molecule has 0 aliphatic carbocycles. The number of nitrogens with one attached hydrogen (secondary N) is 1. The third-order valence-corrected chi connectivity index (χ3v) is 3.35. The number of carbonyl (C=O) groups excluding carboxylic acids is 1. The minimum absolute atomic E-state index is 0.0510. The third kappa shape index (κ3) is 4.30. The van der Waals surface area contributed by atoms with Gasteiger partial charge in [-0.25, -0.2) is 0 Å². The summed E-state index contributed by atoms with van der Waals surface area (Å²) in [6, 6.07) is 5.12. The molecular formula is C12H16BrClN2O. The molecule has 1 amide bonds. The van der Waals surface area contributed by atoms with Crippen LogP contribution in [-0.2, 0) is 0 Å². The topological polar surface area (TPSA) is 55.1 Å². The van der Waals surface area contributed by atoms with Crippen LogP contribution in [0.15, 0.2) is 22.7 Å². The first kappa shape index (κ1) is 14.5. The van der Waals surface area contributed by atoms with E-state index in [0.717, 1.165) is 4.47 Å². The van der Waals surface area contributed by atoms with Crippen LogP contribution < -0.4 is 11.1 Å². The lowest BCUT2D eigenvalue weighted by Gasteiger charge is -2.16. The molecule has 94 valence electrons. The van der Waals surface area contributed by atoms with Gasteiger partial charge in [-0.1, -0.05) is 41.4 Å². The number of carbonyl (C=O) groups is 1. The zero-order valence-electron chi connectivity index (χ0n) is 9.84. The summed E-state index contributed by atoms with van der Waals surface area (Å²) < 4.78 is 0.820. The summed E-state index contributed by atoms with van der Waals surface area (Å²) in [6.07, 6.45) is 0. The van der Waals surface area contributed by atoms with E-state index in [1.807, 2.05) is 13.8 Å². The van der Waals surface area contributed by atoms with E-state index < -0.39 is 0 Å². The van der Waals surface area contributed by atoms with Crippen LogP contribution in [0.2, 0.25) is 5.02 Å². The molecule has 0 spiro atoms. The van der Waals surface area contributed by atoms with Gasteiger partial charge in [0.25, 0.3) is 5.91 Å².